The molecule has 5 nitrogen and oxygen atoms in total. The van der Waals surface area contributed by atoms with Gasteiger partial charge in [0, 0.05) is 24.4 Å². The van der Waals surface area contributed by atoms with E-state index in [2.05, 4.69) is 14.7 Å². The van der Waals surface area contributed by atoms with E-state index in [4.69, 9.17) is 20.9 Å². The van der Waals surface area contributed by atoms with Crippen LogP contribution in [0.25, 0.3) is 11.0 Å². The molecule has 2 aromatic heterocycles. The Morgan fingerprint density at radius 3 is 2.95 bits per heavy atom. The minimum absolute atomic E-state index is 0.525. The second-order valence-corrected chi connectivity index (χ2v) is 4.76. The van der Waals surface area contributed by atoms with Crippen LogP contribution in [0.5, 0.6) is 5.75 Å². The summed E-state index contributed by atoms with van der Waals surface area (Å²) in [5, 5.41) is 3.73. The number of aryl methyl sites for hydroxylation is 1. The summed E-state index contributed by atoms with van der Waals surface area (Å²) in [4.78, 5) is 4.62. The Morgan fingerprint density at radius 1 is 1.35 bits per heavy atom. The van der Waals surface area contributed by atoms with Crippen LogP contribution < -0.4 is 4.74 Å². The van der Waals surface area contributed by atoms with Gasteiger partial charge in [-0.05, 0) is 12.1 Å². The third kappa shape index (κ3) is 2.36. The molecule has 0 N–H and O–H groups in total. The first-order valence-electron chi connectivity index (χ1n) is 6.30. The zero-order valence-corrected chi connectivity index (χ0v) is 11.8. The lowest BCUT2D eigenvalue weighted by atomic mass is 10.3. The summed E-state index contributed by atoms with van der Waals surface area (Å²) in [6.45, 7) is 0.579. The quantitative estimate of drug-likeness (QED) is 0.678. The highest BCUT2D eigenvalue weighted by molar-refractivity contribution is 6.17. The zero-order valence-electron chi connectivity index (χ0n) is 11.0. The lowest BCUT2D eigenvalue weighted by Crippen LogP contribution is -2.05. The fraction of sp³-hybridized carbons (Fsp3) is 0.286. The number of imidazole rings is 1. The average Bonchev–Trinajstić information content (AvgIpc) is 3.08. The Balaban J connectivity index is 2.11. The highest BCUT2D eigenvalue weighted by atomic mass is 35.5. The molecule has 0 amide bonds. The summed E-state index contributed by atoms with van der Waals surface area (Å²) in [6, 6.07) is 7.66. The van der Waals surface area contributed by atoms with Crippen LogP contribution in [-0.4, -0.2) is 27.7 Å². The first kappa shape index (κ1) is 13.0. The number of hydrogen-bond donors (Lipinski definition) is 0. The van der Waals surface area contributed by atoms with Gasteiger partial charge >= 0.3 is 0 Å². The standard InChI is InChI=1S/C14H14ClN3O2/c1-19-10-2-3-12-13(8-10)18(14(17-12)4-6-15)9-11-5-7-16-20-11/h2-3,5,7-8H,4,6,9H2,1H3. The van der Waals surface area contributed by atoms with Crippen molar-refractivity contribution in [2.75, 3.05) is 13.0 Å². The maximum atomic E-state index is 5.86. The van der Waals surface area contributed by atoms with Crippen LogP contribution >= 0.6 is 11.6 Å². The first-order chi connectivity index (χ1) is 9.81. The number of nitrogens with zero attached hydrogens (tertiary/aromatic N) is 3. The fourth-order valence-electron chi connectivity index (χ4n) is 2.21. The lowest BCUT2D eigenvalue weighted by molar-refractivity contribution is 0.376. The molecular formula is C14H14ClN3O2. The van der Waals surface area contributed by atoms with E-state index in [1.54, 1.807) is 13.3 Å². The Labute approximate surface area is 121 Å². The van der Waals surface area contributed by atoms with Crippen molar-refractivity contribution in [3.63, 3.8) is 0 Å². The van der Waals surface area contributed by atoms with Gasteiger partial charge in [0.1, 0.15) is 11.6 Å². The molecule has 0 unspecified atom stereocenters. The van der Waals surface area contributed by atoms with Gasteiger partial charge in [-0.15, -0.1) is 11.6 Å². The van der Waals surface area contributed by atoms with Crippen molar-refractivity contribution in [2.24, 2.45) is 0 Å². The number of alkyl halides is 1. The van der Waals surface area contributed by atoms with Crippen LogP contribution in [-0.2, 0) is 13.0 Å². The van der Waals surface area contributed by atoms with Crippen molar-refractivity contribution in [3.05, 3.63) is 42.0 Å². The molecule has 2 heterocycles. The topological polar surface area (TPSA) is 53.1 Å². The monoisotopic (exact) mass is 291 g/mol. The van der Waals surface area contributed by atoms with E-state index in [-0.39, 0.29) is 0 Å². The van der Waals surface area contributed by atoms with Gasteiger partial charge in [0.25, 0.3) is 0 Å². The predicted octanol–water partition coefficient (Wildman–Crippen LogP) is 2.86. The predicted molar refractivity (Wildman–Crippen MR) is 76.3 cm³/mol. The molecule has 0 aliphatic carbocycles. The first-order valence-corrected chi connectivity index (χ1v) is 6.84. The van der Waals surface area contributed by atoms with Gasteiger partial charge in [-0.1, -0.05) is 5.16 Å². The Bertz CT molecular complexity index is 707. The summed E-state index contributed by atoms with van der Waals surface area (Å²) in [6.07, 6.45) is 2.34. The van der Waals surface area contributed by atoms with Gasteiger partial charge in [-0.25, -0.2) is 4.98 Å². The normalized spacial score (nSPS) is 11.1. The second-order valence-electron chi connectivity index (χ2n) is 4.39. The van der Waals surface area contributed by atoms with E-state index in [9.17, 15) is 0 Å². The number of ether oxygens (including phenoxy) is 1. The summed E-state index contributed by atoms with van der Waals surface area (Å²) in [5.41, 5.74) is 1.92. The van der Waals surface area contributed by atoms with Gasteiger partial charge in [-0.2, -0.15) is 0 Å². The molecule has 6 heteroatoms. The molecule has 104 valence electrons. The van der Waals surface area contributed by atoms with Gasteiger partial charge in [0.2, 0.25) is 0 Å². The van der Waals surface area contributed by atoms with Crippen LogP contribution in [0.3, 0.4) is 0 Å². The molecule has 0 aliphatic heterocycles. The summed E-state index contributed by atoms with van der Waals surface area (Å²) >= 11 is 5.86. The lowest BCUT2D eigenvalue weighted by Gasteiger charge is -2.06. The molecule has 0 saturated carbocycles. The number of rotatable bonds is 5. The SMILES string of the molecule is COc1ccc2nc(CCCl)n(Cc3ccno3)c2c1. The van der Waals surface area contributed by atoms with E-state index in [1.807, 2.05) is 24.3 Å². The number of aromatic nitrogens is 3. The molecule has 0 radical (unpaired) electrons. The smallest absolute Gasteiger partial charge is 0.156 e. The summed E-state index contributed by atoms with van der Waals surface area (Å²) in [7, 11) is 1.65. The van der Waals surface area contributed by atoms with Gasteiger partial charge in [0.05, 0.1) is 30.9 Å². The molecule has 20 heavy (non-hydrogen) atoms. The minimum Gasteiger partial charge on any atom is -0.497 e. The number of methoxy groups -OCH3 is 1. The van der Waals surface area contributed by atoms with Crippen molar-refractivity contribution >= 4 is 22.6 Å². The Kier molecular flexibility index (Phi) is 3.60. The molecule has 0 saturated heterocycles. The molecular weight excluding hydrogens is 278 g/mol. The largest absolute Gasteiger partial charge is 0.497 e. The molecule has 0 spiro atoms. The second kappa shape index (κ2) is 5.54. The molecule has 3 rings (SSSR count). The van der Waals surface area contributed by atoms with Crippen molar-refractivity contribution in [1.82, 2.24) is 14.7 Å². The fourth-order valence-corrected chi connectivity index (χ4v) is 2.38. The number of hydrogen-bond acceptors (Lipinski definition) is 4. The van der Waals surface area contributed by atoms with E-state index in [0.29, 0.717) is 18.8 Å². The molecule has 0 aliphatic rings. The van der Waals surface area contributed by atoms with Crippen LogP contribution in [0.2, 0.25) is 0 Å². The number of benzene rings is 1. The highest BCUT2D eigenvalue weighted by Gasteiger charge is 2.13. The van der Waals surface area contributed by atoms with E-state index < -0.39 is 0 Å². The van der Waals surface area contributed by atoms with Crippen LogP contribution in [0.4, 0.5) is 0 Å². The highest BCUT2D eigenvalue weighted by Crippen LogP contribution is 2.23. The van der Waals surface area contributed by atoms with Crippen molar-refractivity contribution in [1.29, 1.82) is 0 Å². The van der Waals surface area contributed by atoms with Gasteiger partial charge in [-0.3, -0.25) is 0 Å². The molecule has 3 aromatic rings. The van der Waals surface area contributed by atoms with Crippen molar-refractivity contribution in [2.45, 2.75) is 13.0 Å². The summed E-state index contributed by atoms with van der Waals surface area (Å²) in [5.74, 6) is 3.04. The van der Waals surface area contributed by atoms with E-state index >= 15 is 0 Å². The van der Waals surface area contributed by atoms with Gasteiger partial charge < -0.3 is 13.8 Å². The van der Waals surface area contributed by atoms with Crippen LogP contribution in [0.1, 0.15) is 11.6 Å². The Morgan fingerprint density at radius 2 is 2.25 bits per heavy atom. The maximum Gasteiger partial charge on any atom is 0.156 e. The van der Waals surface area contributed by atoms with E-state index in [0.717, 1.165) is 28.4 Å². The van der Waals surface area contributed by atoms with E-state index in [1.165, 1.54) is 0 Å². The summed E-state index contributed by atoms with van der Waals surface area (Å²) < 4.78 is 12.5. The third-order valence-electron chi connectivity index (χ3n) is 3.16. The molecule has 0 bridgehead atoms. The Hall–Kier alpha value is -2.01. The van der Waals surface area contributed by atoms with Crippen molar-refractivity contribution < 1.29 is 9.26 Å². The maximum absolute atomic E-state index is 5.86. The van der Waals surface area contributed by atoms with Crippen molar-refractivity contribution in [3.8, 4) is 5.75 Å². The number of halogens is 1. The van der Waals surface area contributed by atoms with Crippen LogP contribution in [0, 0.1) is 0 Å². The molecule has 1 aromatic carbocycles. The number of fused-ring (bicyclic) bond motifs is 1. The molecule has 0 atom stereocenters. The minimum atomic E-state index is 0.525. The van der Waals surface area contributed by atoms with Gasteiger partial charge in [0.15, 0.2) is 5.76 Å². The molecule has 0 fully saturated rings. The average molecular weight is 292 g/mol. The zero-order chi connectivity index (χ0) is 13.9. The van der Waals surface area contributed by atoms with Crippen LogP contribution in [0.15, 0.2) is 35.0 Å². The third-order valence-corrected chi connectivity index (χ3v) is 3.35.